The van der Waals surface area contributed by atoms with Crippen LogP contribution in [0.3, 0.4) is 0 Å². The molecule has 1 aromatic rings. The smallest absolute Gasteiger partial charge is 0.225 e. The van der Waals surface area contributed by atoms with Crippen molar-refractivity contribution in [2.75, 3.05) is 27.2 Å². The van der Waals surface area contributed by atoms with Gasteiger partial charge in [-0.1, -0.05) is 38.1 Å². The van der Waals surface area contributed by atoms with Crippen LogP contribution in [-0.2, 0) is 22.7 Å². The molecular formula is C20H31N3O2. The third-order valence-corrected chi connectivity index (χ3v) is 4.66. The molecule has 25 heavy (non-hydrogen) atoms. The highest BCUT2D eigenvalue weighted by atomic mass is 16.2. The van der Waals surface area contributed by atoms with Crippen LogP contribution in [0.25, 0.3) is 0 Å². The summed E-state index contributed by atoms with van der Waals surface area (Å²) < 4.78 is 0. The number of piperidine rings is 1. The number of nitrogens with zero attached hydrogens (tertiary/aromatic N) is 2. The molecule has 0 aliphatic carbocycles. The topological polar surface area (TPSA) is 52.7 Å². The predicted molar refractivity (Wildman–Crippen MR) is 99.8 cm³/mol. The summed E-state index contributed by atoms with van der Waals surface area (Å²) >= 11 is 0. The summed E-state index contributed by atoms with van der Waals surface area (Å²) in [4.78, 5) is 28.7. The Hall–Kier alpha value is -1.88. The molecule has 0 bridgehead atoms. The number of hydrogen-bond acceptors (Lipinski definition) is 3. The maximum atomic E-state index is 12.6. The van der Waals surface area contributed by atoms with Crippen LogP contribution in [0.1, 0.15) is 37.8 Å². The van der Waals surface area contributed by atoms with E-state index in [1.807, 2.05) is 45.0 Å². The molecule has 1 saturated heterocycles. The number of carbonyl (C=O) groups excluding carboxylic acids is 2. The van der Waals surface area contributed by atoms with E-state index in [-0.39, 0.29) is 23.7 Å². The molecule has 1 aliphatic heterocycles. The van der Waals surface area contributed by atoms with Crippen molar-refractivity contribution in [1.29, 1.82) is 0 Å². The van der Waals surface area contributed by atoms with Gasteiger partial charge in [-0.3, -0.25) is 9.59 Å². The first-order chi connectivity index (χ1) is 11.9. The quantitative estimate of drug-likeness (QED) is 0.860. The van der Waals surface area contributed by atoms with Crippen molar-refractivity contribution in [3.05, 3.63) is 35.4 Å². The molecule has 5 heteroatoms. The van der Waals surface area contributed by atoms with Crippen molar-refractivity contribution in [2.45, 2.75) is 39.8 Å². The van der Waals surface area contributed by atoms with Crippen LogP contribution in [0.4, 0.5) is 0 Å². The molecule has 1 heterocycles. The first-order valence-corrected chi connectivity index (χ1v) is 9.16. The maximum Gasteiger partial charge on any atom is 0.225 e. The summed E-state index contributed by atoms with van der Waals surface area (Å²) in [5.41, 5.74) is 2.38. The third kappa shape index (κ3) is 5.56. The summed E-state index contributed by atoms with van der Waals surface area (Å²) in [6.07, 6.45) is 1.75. The van der Waals surface area contributed by atoms with Crippen LogP contribution in [-0.4, -0.2) is 48.8 Å². The Bertz CT molecular complexity index is 598. The van der Waals surface area contributed by atoms with Crippen LogP contribution >= 0.6 is 0 Å². The van der Waals surface area contributed by atoms with E-state index in [1.165, 1.54) is 5.56 Å². The van der Waals surface area contributed by atoms with Crippen molar-refractivity contribution >= 4 is 11.8 Å². The lowest BCUT2D eigenvalue weighted by molar-refractivity contribution is -0.138. The number of carbonyl (C=O) groups is 2. The molecule has 1 atom stereocenters. The van der Waals surface area contributed by atoms with Crippen LogP contribution in [0.2, 0.25) is 0 Å². The van der Waals surface area contributed by atoms with Crippen LogP contribution in [0, 0.1) is 11.8 Å². The number of nitrogens with one attached hydrogen (secondary N) is 1. The van der Waals surface area contributed by atoms with Crippen molar-refractivity contribution < 1.29 is 9.59 Å². The van der Waals surface area contributed by atoms with Gasteiger partial charge in [-0.05, 0) is 38.1 Å². The zero-order valence-electron chi connectivity index (χ0n) is 15.9. The van der Waals surface area contributed by atoms with Gasteiger partial charge in [-0.25, -0.2) is 0 Å². The number of hydrogen-bond donors (Lipinski definition) is 1. The molecule has 0 aromatic heterocycles. The van der Waals surface area contributed by atoms with Crippen molar-refractivity contribution in [2.24, 2.45) is 11.8 Å². The van der Waals surface area contributed by atoms with E-state index in [9.17, 15) is 9.59 Å². The maximum absolute atomic E-state index is 12.6. The fourth-order valence-corrected chi connectivity index (χ4v) is 3.31. The Balaban J connectivity index is 1.93. The molecule has 1 N–H and O–H groups in total. The van der Waals surface area contributed by atoms with E-state index < -0.39 is 0 Å². The lowest BCUT2D eigenvalue weighted by Gasteiger charge is -2.33. The fraction of sp³-hybridized carbons (Fsp3) is 0.600. The van der Waals surface area contributed by atoms with Gasteiger partial charge in [-0.15, -0.1) is 0 Å². The molecule has 2 amide bonds. The zero-order chi connectivity index (χ0) is 18.4. The van der Waals surface area contributed by atoms with E-state index >= 15 is 0 Å². The highest BCUT2D eigenvalue weighted by Gasteiger charge is 2.29. The van der Waals surface area contributed by atoms with Gasteiger partial charge < -0.3 is 15.1 Å². The summed E-state index contributed by atoms with van der Waals surface area (Å²) in [5, 5.41) is 3.08. The molecule has 1 aromatic carbocycles. The molecule has 2 rings (SSSR count). The van der Waals surface area contributed by atoms with Gasteiger partial charge in [0.2, 0.25) is 11.8 Å². The third-order valence-electron chi connectivity index (χ3n) is 4.66. The van der Waals surface area contributed by atoms with E-state index in [0.29, 0.717) is 13.1 Å². The molecule has 0 saturated carbocycles. The molecule has 0 spiro atoms. The van der Waals surface area contributed by atoms with Crippen LogP contribution in [0.5, 0.6) is 0 Å². The first-order valence-electron chi connectivity index (χ1n) is 9.16. The Morgan fingerprint density at radius 3 is 2.56 bits per heavy atom. The van der Waals surface area contributed by atoms with Gasteiger partial charge in [0.15, 0.2) is 0 Å². The molecular weight excluding hydrogens is 314 g/mol. The monoisotopic (exact) mass is 345 g/mol. The minimum atomic E-state index is -0.0996. The second kappa shape index (κ2) is 8.99. The molecule has 0 radical (unpaired) electrons. The SMILES string of the molecule is CC(C)C(=O)N1CCC[C@H](C(=O)NCc2ccccc2CN(C)C)C1. The second-order valence-corrected chi connectivity index (χ2v) is 7.50. The predicted octanol–water partition coefficient (Wildman–Crippen LogP) is 2.26. The first kappa shape index (κ1) is 19.4. The minimum absolute atomic E-state index is 0.0141. The summed E-state index contributed by atoms with van der Waals surface area (Å²) in [5.74, 6) is 0.0897. The Morgan fingerprint density at radius 2 is 1.92 bits per heavy atom. The number of likely N-dealkylation sites (tertiary alicyclic amines) is 1. The van der Waals surface area contributed by atoms with E-state index in [2.05, 4.69) is 22.3 Å². The lowest BCUT2D eigenvalue weighted by atomic mass is 9.96. The standard InChI is InChI=1S/C20H31N3O2/c1-15(2)20(25)23-11-7-10-18(14-23)19(24)21-12-16-8-5-6-9-17(16)13-22(3)4/h5-6,8-9,15,18H,7,10-14H2,1-4H3,(H,21,24)/t18-/m0/s1. The van der Waals surface area contributed by atoms with E-state index in [0.717, 1.165) is 31.5 Å². The minimum Gasteiger partial charge on any atom is -0.352 e. The van der Waals surface area contributed by atoms with E-state index in [1.54, 1.807) is 0 Å². The van der Waals surface area contributed by atoms with Crippen LogP contribution < -0.4 is 5.32 Å². The second-order valence-electron chi connectivity index (χ2n) is 7.50. The fourth-order valence-electron chi connectivity index (χ4n) is 3.31. The van der Waals surface area contributed by atoms with Gasteiger partial charge in [0.05, 0.1) is 5.92 Å². The molecule has 1 aliphatic rings. The average molecular weight is 345 g/mol. The van der Waals surface area contributed by atoms with Gasteiger partial charge in [0, 0.05) is 32.1 Å². The molecule has 0 unspecified atom stereocenters. The Morgan fingerprint density at radius 1 is 1.24 bits per heavy atom. The van der Waals surface area contributed by atoms with Gasteiger partial charge in [-0.2, -0.15) is 0 Å². The lowest BCUT2D eigenvalue weighted by Crippen LogP contribution is -2.46. The van der Waals surface area contributed by atoms with Gasteiger partial charge in [0.1, 0.15) is 0 Å². The highest BCUT2D eigenvalue weighted by Crippen LogP contribution is 2.19. The van der Waals surface area contributed by atoms with Crippen LogP contribution in [0.15, 0.2) is 24.3 Å². The summed E-state index contributed by atoms with van der Waals surface area (Å²) in [6.45, 7) is 6.53. The number of amides is 2. The Labute approximate surface area is 151 Å². The summed E-state index contributed by atoms with van der Waals surface area (Å²) in [7, 11) is 4.08. The molecule has 1 fully saturated rings. The Kier molecular flexibility index (Phi) is 7.00. The number of rotatable bonds is 6. The normalized spacial score (nSPS) is 17.8. The van der Waals surface area contributed by atoms with Gasteiger partial charge in [0.25, 0.3) is 0 Å². The van der Waals surface area contributed by atoms with Gasteiger partial charge >= 0.3 is 0 Å². The zero-order valence-corrected chi connectivity index (χ0v) is 15.9. The largest absolute Gasteiger partial charge is 0.352 e. The van der Waals surface area contributed by atoms with Crippen molar-refractivity contribution in [3.8, 4) is 0 Å². The molecule has 5 nitrogen and oxygen atoms in total. The van der Waals surface area contributed by atoms with Crippen molar-refractivity contribution in [1.82, 2.24) is 15.1 Å². The average Bonchev–Trinajstić information content (AvgIpc) is 2.59. The molecule has 138 valence electrons. The number of benzene rings is 1. The van der Waals surface area contributed by atoms with Crippen molar-refractivity contribution in [3.63, 3.8) is 0 Å². The van der Waals surface area contributed by atoms with E-state index in [4.69, 9.17) is 0 Å². The highest BCUT2D eigenvalue weighted by molar-refractivity contribution is 5.82. The summed E-state index contributed by atoms with van der Waals surface area (Å²) in [6, 6.07) is 8.20.